The number of anilines is 1. The van der Waals surface area contributed by atoms with Crippen LogP contribution in [0.4, 0.5) is 10.1 Å². The summed E-state index contributed by atoms with van der Waals surface area (Å²) in [6.45, 7) is 7.43. The molecule has 0 amide bonds. The SMILES string of the molecule is C#CC(NO)C([Si](C)(C)C)S(=O)(=O)N1CCN(c2ccc(F)cc2)CC1. The van der Waals surface area contributed by atoms with Crippen LogP contribution >= 0.6 is 0 Å². The first-order chi connectivity index (χ1) is 12.1. The van der Waals surface area contributed by atoms with Crippen LogP contribution in [0, 0.1) is 18.2 Å². The summed E-state index contributed by atoms with van der Waals surface area (Å²) in [5, 5.41) is 9.34. The van der Waals surface area contributed by atoms with Crippen molar-refractivity contribution in [2.45, 2.75) is 30.6 Å². The summed E-state index contributed by atoms with van der Waals surface area (Å²) < 4.78 is 41.0. The van der Waals surface area contributed by atoms with E-state index in [0.717, 1.165) is 5.69 Å². The molecule has 2 rings (SSSR count). The molecule has 1 fully saturated rings. The van der Waals surface area contributed by atoms with Gasteiger partial charge in [-0.2, -0.15) is 9.79 Å². The van der Waals surface area contributed by atoms with Crippen LogP contribution in [0.5, 0.6) is 0 Å². The van der Waals surface area contributed by atoms with Gasteiger partial charge in [-0.15, -0.1) is 6.42 Å². The highest BCUT2D eigenvalue weighted by Gasteiger charge is 2.46. The lowest BCUT2D eigenvalue weighted by atomic mass is 10.2. The van der Waals surface area contributed by atoms with E-state index in [4.69, 9.17) is 6.42 Å². The summed E-state index contributed by atoms with van der Waals surface area (Å²) in [6.07, 6.45) is 5.45. The highest BCUT2D eigenvalue weighted by atomic mass is 32.2. The van der Waals surface area contributed by atoms with Crippen molar-refractivity contribution in [3.8, 4) is 12.3 Å². The number of benzene rings is 1. The van der Waals surface area contributed by atoms with Crippen LogP contribution < -0.4 is 10.4 Å². The largest absolute Gasteiger partial charge is 0.369 e. The fraction of sp³-hybridized carbons (Fsp3) is 0.529. The van der Waals surface area contributed by atoms with Crippen LogP contribution in [-0.4, -0.2) is 63.1 Å². The van der Waals surface area contributed by atoms with Gasteiger partial charge in [0.1, 0.15) is 11.9 Å². The normalized spacial score (nSPS) is 19.0. The van der Waals surface area contributed by atoms with E-state index in [1.165, 1.54) is 16.4 Å². The Morgan fingerprint density at radius 2 is 1.73 bits per heavy atom. The molecule has 0 spiro atoms. The number of hydrogen-bond donors (Lipinski definition) is 2. The van der Waals surface area contributed by atoms with Gasteiger partial charge >= 0.3 is 0 Å². The van der Waals surface area contributed by atoms with Crippen molar-refractivity contribution in [2.75, 3.05) is 31.1 Å². The third kappa shape index (κ3) is 4.45. The quantitative estimate of drug-likeness (QED) is 0.431. The molecule has 1 aliphatic rings. The minimum Gasteiger partial charge on any atom is -0.369 e. The summed E-state index contributed by atoms with van der Waals surface area (Å²) in [5.41, 5.74) is 2.85. The van der Waals surface area contributed by atoms with Gasteiger partial charge in [-0.1, -0.05) is 25.6 Å². The molecule has 1 aromatic rings. The molecule has 0 aromatic heterocycles. The van der Waals surface area contributed by atoms with Crippen molar-refractivity contribution in [1.82, 2.24) is 9.79 Å². The van der Waals surface area contributed by atoms with E-state index in [9.17, 15) is 18.0 Å². The number of rotatable bonds is 6. The molecule has 2 N–H and O–H groups in total. The average molecular weight is 400 g/mol. The van der Waals surface area contributed by atoms with Crippen molar-refractivity contribution in [2.24, 2.45) is 0 Å². The lowest BCUT2D eigenvalue weighted by Crippen LogP contribution is -2.61. The Labute approximate surface area is 156 Å². The second-order valence-electron chi connectivity index (χ2n) is 7.47. The van der Waals surface area contributed by atoms with Gasteiger partial charge in [0.15, 0.2) is 0 Å². The van der Waals surface area contributed by atoms with Crippen LogP contribution in [0.3, 0.4) is 0 Å². The Hall–Kier alpha value is -1.44. The first-order valence-corrected chi connectivity index (χ1v) is 13.5. The van der Waals surface area contributed by atoms with E-state index in [1.807, 2.05) is 30.0 Å². The van der Waals surface area contributed by atoms with E-state index in [1.54, 1.807) is 12.1 Å². The minimum absolute atomic E-state index is 0.301. The molecule has 1 saturated heterocycles. The molecule has 1 aliphatic heterocycles. The van der Waals surface area contributed by atoms with Crippen LogP contribution in [0.1, 0.15) is 0 Å². The Kier molecular flexibility index (Phi) is 6.47. The molecular weight excluding hydrogens is 373 g/mol. The molecule has 2 unspecified atom stereocenters. The second kappa shape index (κ2) is 8.06. The molecule has 0 bridgehead atoms. The maximum atomic E-state index is 13.2. The van der Waals surface area contributed by atoms with E-state index >= 15 is 0 Å². The zero-order chi connectivity index (χ0) is 19.5. The predicted molar refractivity (Wildman–Crippen MR) is 104 cm³/mol. The van der Waals surface area contributed by atoms with Gasteiger partial charge in [0, 0.05) is 31.9 Å². The zero-order valence-electron chi connectivity index (χ0n) is 15.3. The number of sulfonamides is 1. The number of nitrogens with zero attached hydrogens (tertiary/aromatic N) is 2. The van der Waals surface area contributed by atoms with Gasteiger partial charge in [-0.05, 0) is 24.3 Å². The third-order valence-corrected chi connectivity index (χ3v) is 11.6. The standard InChI is InChI=1S/C17H26FN3O3SSi/c1-5-16(19-22)17(26(2,3)4)25(23,24)21-12-10-20(11-13-21)15-8-6-14(18)7-9-15/h1,6-9,16-17,19,22H,10-13H2,2-4H3. The van der Waals surface area contributed by atoms with E-state index in [2.05, 4.69) is 5.92 Å². The summed E-state index contributed by atoms with van der Waals surface area (Å²) >= 11 is 0. The third-order valence-electron chi connectivity index (χ3n) is 4.59. The van der Waals surface area contributed by atoms with Gasteiger partial charge in [0.25, 0.3) is 0 Å². The number of halogens is 1. The maximum absolute atomic E-state index is 13.2. The molecule has 1 heterocycles. The number of piperazine rings is 1. The molecule has 6 nitrogen and oxygen atoms in total. The van der Waals surface area contributed by atoms with Crippen LogP contribution in [0.15, 0.2) is 24.3 Å². The van der Waals surface area contributed by atoms with E-state index in [-0.39, 0.29) is 5.82 Å². The molecule has 0 saturated carbocycles. The van der Waals surface area contributed by atoms with Crippen molar-refractivity contribution < 1.29 is 18.0 Å². The molecule has 1 aromatic carbocycles. The van der Waals surface area contributed by atoms with Gasteiger partial charge < -0.3 is 10.1 Å². The first kappa shape index (κ1) is 20.9. The highest BCUT2D eigenvalue weighted by Crippen LogP contribution is 2.25. The molecule has 0 aliphatic carbocycles. The lowest BCUT2D eigenvalue weighted by Gasteiger charge is -2.40. The van der Waals surface area contributed by atoms with Crippen molar-refractivity contribution in [3.63, 3.8) is 0 Å². The van der Waals surface area contributed by atoms with E-state index in [0.29, 0.717) is 26.2 Å². The highest BCUT2D eigenvalue weighted by molar-refractivity contribution is 7.91. The smallest absolute Gasteiger partial charge is 0.217 e. The number of terminal acetylenes is 1. The number of hydrogen-bond acceptors (Lipinski definition) is 5. The number of nitrogens with one attached hydrogen (secondary N) is 1. The summed E-state index contributed by atoms with van der Waals surface area (Å²) in [6, 6.07) is 5.22. The zero-order valence-corrected chi connectivity index (χ0v) is 17.1. The van der Waals surface area contributed by atoms with Crippen LogP contribution in [0.25, 0.3) is 0 Å². The maximum Gasteiger partial charge on any atom is 0.217 e. The second-order valence-corrected chi connectivity index (χ2v) is 15.3. The Morgan fingerprint density at radius 3 is 2.15 bits per heavy atom. The molecule has 144 valence electrons. The molecule has 2 atom stereocenters. The fourth-order valence-corrected chi connectivity index (χ4v) is 9.99. The average Bonchev–Trinajstić information content (AvgIpc) is 2.59. The van der Waals surface area contributed by atoms with Crippen LogP contribution in [0.2, 0.25) is 19.6 Å². The fourth-order valence-electron chi connectivity index (χ4n) is 3.32. The monoisotopic (exact) mass is 399 g/mol. The van der Waals surface area contributed by atoms with Gasteiger partial charge in [-0.25, -0.2) is 12.8 Å². The van der Waals surface area contributed by atoms with Gasteiger partial charge in [0.2, 0.25) is 10.0 Å². The van der Waals surface area contributed by atoms with Gasteiger partial charge in [-0.3, -0.25) is 0 Å². The Bertz CT molecular complexity index is 751. The Morgan fingerprint density at radius 1 is 1.19 bits per heavy atom. The number of hydroxylamine groups is 1. The summed E-state index contributed by atoms with van der Waals surface area (Å²) in [7, 11) is -5.92. The summed E-state index contributed by atoms with van der Waals surface area (Å²) in [4.78, 5) is 1.19. The van der Waals surface area contributed by atoms with Crippen molar-refractivity contribution in [3.05, 3.63) is 30.1 Å². The minimum atomic E-state index is -3.67. The topological polar surface area (TPSA) is 72.9 Å². The van der Waals surface area contributed by atoms with Crippen molar-refractivity contribution >= 4 is 23.8 Å². The summed E-state index contributed by atoms with van der Waals surface area (Å²) in [5.74, 6) is 2.06. The van der Waals surface area contributed by atoms with Gasteiger partial charge in [0.05, 0.1) is 12.9 Å². The van der Waals surface area contributed by atoms with Crippen molar-refractivity contribution in [1.29, 1.82) is 0 Å². The van der Waals surface area contributed by atoms with E-state index < -0.39 is 29.0 Å². The predicted octanol–water partition coefficient (Wildman–Crippen LogP) is 1.50. The van der Waals surface area contributed by atoms with Crippen LogP contribution in [-0.2, 0) is 10.0 Å². The first-order valence-electron chi connectivity index (χ1n) is 8.46. The Balaban J connectivity index is 2.17. The molecule has 9 heteroatoms. The molecular formula is C17H26FN3O3SSi. The molecule has 0 radical (unpaired) electrons. The molecule has 26 heavy (non-hydrogen) atoms. The lowest BCUT2D eigenvalue weighted by molar-refractivity contribution is 0.149.